The Morgan fingerprint density at radius 1 is 1.53 bits per heavy atom. The minimum absolute atomic E-state index is 0.292. The van der Waals surface area contributed by atoms with Gasteiger partial charge in [0.25, 0.3) is 0 Å². The van der Waals surface area contributed by atoms with Crippen LogP contribution in [0.15, 0.2) is 11.7 Å². The average Bonchev–Trinajstić information content (AvgIpc) is 2.81. The molecule has 0 spiro atoms. The highest BCUT2D eigenvalue weighted by Gasteiger charge is 2.27. The third kappa shape index (κ3) is 2.16. The largest absolute Gasteiger partial charge is 0.481 e. The van der Waals surface area contributed by atoms with Crippen molar-refractivity contribution in [2.24, 2.45) is 5.92 Å². The van der Waals surface area contributed by atoms with Gasteiger partial charge in [0.1, 0.15) is 12.1 Å². The lowest BCUT2D eigenvalue weighted by atomic mass is 9.98. The van der Waals surface area contributed by atoms with Crippen LogP contribution < -0.4 is 4.90 Å². The Bertz CT molecular complexity index is 625. The number of fused-ring (bicyclic) bond motifs is 1. The summed E-state index contributed by atoms with van der Waals surface area (Å²) in [5.74, 6) is -0.119. The van der Waals surface area contributed by atoms with Gasteiger partial charge in [0, 0.05) is 13.1 Å². The number of piperidine rings is 1. The van der Waals surface area contributed by atoms with Gasteiger partial charge in [0.05, 0.1) is 16.1 Å². The molecule has 0 aliphatic carbocycles. The van der Waals surface area contributed by atoms with E-state index in [4.69, 9.17) is 5.11 Å². The van der Waals surface area contributed by atoms with Crippen LogP contribution in [0.5, 0.6) is 0 Å². The van der Waals surface area contributed by atoms with E-state index in [9.17, 15) is 4.79 Å². The smallest absolute Gasteiger partial charge is 0.308 e. The van der Waals surface area contributed by atoms with Crippen molar-refractivity contribution in [1.29, 1.82) is 0 Å². The molecule has 1 fully saturated rings. The fourth-order valence-corrected chi connectivity index (χ4v) is 3.57. The molecule has 1 atom stereocenters. The van der Waals surface area contributed by atoms with E-state index in [0.29, 0.717) is 6.54 Å². The molecule has 19 heavy (non-hydrogen) atoms. The molecule has 1 aliphatic heterocycles. The van der Waals surface area contributed by atoms with Gasteiger partial charge in [-0.1, -0.05) is 0 Å². The SMILES string of the molecule is Cc1csc2c(N3CCCC(C(=O)O)C3)ncnc12. The Kier molecular flexibility index (Phi) is 3.10. The molecule has 0 amide bonds. The first-order chi connectivity index (χ1) is 9.16. The first-order valence-electron chi connectivity index (χ1n) is 6.33. The summed E-state index contributed by atoms with van der Waals surface area (Å²) in [7, 11) is 0. The van der Waals surface area contributed by atoms with Gasteiger partial charge in [-0.2, -0.15) is 0 Å². The maximum atomic E-state index is 11.1. The predicted octanol–water partition coefficient (Wildman–Crippen LogP) is 2.30. The zero-order valence-corrected chi connectivity index (χ0v) is 11.5. The highest BCUT2D eigenvalue weighted by atomic mass is 32.1. The van der Waals surface area contributed by atoms with Gasteiger partial charge in [-0.05, 0) is 30.7 Å². The fourth-order valence-electron chi connectivity index (χ4n) is 2.55. The minimum Gasteiger partial charge on any atom is -0.481 e. The van der Waals surface area contributed by atoms with Gasteiger partial charge in [-0.3, -0.25) is 4.79 Å². The number of carboxylic acids is 1. The zero-order chi connectivity index (χ0) is 13.4. The maximum absolute atomic E-state index is 11.1. The van der Waals surface area contributed by atoms with Gasteiger partial charge in [-0.15, -0.1) is 11.3 Å². The topological polar surface area (TPSA) is 66.3 Å². The number of rotatable bonds is 2. The van der Waals surface area contributed by atoms with E-state index in [0.717, 1.165) is 41.0 Å². The molecule has 100 valence electrons. The van der Waals surface area contributed by atoms with E-state index >= 15 is 0 Å². The van der Waals surface area contributed by atoms with Crippen molar-refractivity contribution in [3.63, 3.8) is 0 Å². The number of carbonyl (C=O) groups is 1. The Morgan fingerprint density at radius 3 is 3.16 bits per heavy atom. The number of hydrogen-bond acceptors (Lipinski definition) is 5. The van der Waals surface area contributed by atoms with Crippen molar-refractivity contribution in [3.05, 3.63) is 17.3 Å². The molecule has 5 nitrogen and oxygen atoms in total. The van der Waals surface area contributed by atoms with E-state index in [1.165, 1.54) is 0 Å². The Hall–Kier alpha value is -1.69. The van der Waals surface area contributed by atoms with Crippen LogP contribution in [0.3, 0.4) is 0 Å². The third-order valence-corrected chi connectivity index (χ3v) is 4.67. The summed E-state index contributed by atoms with van der Waals surface area (Å²) < 4.78 is 1.06. The zero-order valence-electron chi connectivity index (χ0n) is 10.7. The monoisotopic (exact) mass is 277 g/mol. The van der Waals surface area contributed by atoms with E-state index in [1.807, 2.05) is 6.92 Å². The molecule has 1 N–H and O–H groups in total. The fraction of sp³-hybridized carbons (Fsp3) is 0.462. The quantitative estimate of drug-likeness (QED) is 0.912. The Labute approximate surface area is 114 Å². The van der Waals surface area contributed by atoms with Crippen LogP contribution in [-0.4, -0.2) is 34.1 Å². The minimum atomic E-state index is -0.711. The molecule has 3 rings (SSSR count). The van der Waals surface area contributed by atoms with E-state index in [1.54, 1.807) is 17.7 Å². The molecule has 6 heteroatoms. The van der Waals surface area contributed by atoms with Crippen LogP contribution >= 0.6 is 11.3 Å². The summed E-state index contributed by atoms with van der Waals surface area (Å²) in [6, 6.07) is 0. The van der Waals surface area contributed by atoms with Crippen LogP contribution in [0.1, 0.15) is 18.4 Å². The summed E-state index contributed by atoms with van der Waals surface area (Å²) in [6.07, 6.45) is 3.22. The van der Waals surface area contributed by atoms with Crippen LogP contribution in [0.2, 0.25) is 0 Å². The highest BCUT2D eigenvalue weighted by Crippen LogP contribution is 2.32. The second-order valence-corrected chi connectivity index (χ2v) is 5.80. The van der Waals surface area contributed by atoms with Gasteiger partial charge < -0.3 is 10.0 Å². The van der Waals surface area contributed by atoms with Crippen LogP contribution in [-0.2, 0) is 4.79 Å². The van der Waals surface area contributed by atoms with Gasteiger partial charge in [0.15, 0.2) is 0 Å². The van der Waals surface area contributed by atoms with E-state index < -0.39 is 5.97 Å². The number of aliphatic carboxylic acids is 1. The highest BCUT2D eigenvalue weighted by molar-refractivity contribution is 7.18. The predicted molar refractivity (Wildman–Crippen MR) is 74.7 cm³/mol. The molecular weight excluding hydrogens is 262 g/mol. The number of hydrogen-bond donors (Lipinski definition) is 1. The summed E-state index contributed by atoms with van der Waals surface area (Å²) in [4.78, 5) is 21.9. The summed E-state index contributed by atoms with van der Waals surface area (Å²) in [5, 5.41) is 11.2. The molecular formula is C13H15N3O2S. The summed E-state index contributed by atoms with van der Waals surface area (Å²) >= 11 is 1.63. The number of nitrogens with zero attached hydrogens (tertiary/aromatic N) is 3. The molecule has 2 aromatic heterocycles. The molecule has 3 heterocycles. The molecule has 0 aromatic carbocycles. The standard InChI is InChI=1S/C13H15N3O2S/c1-8-6-19-11-10(8)14-7-15-12(11)16-4-2-3-9(5-16)13(17)18/h6-7,9H,2-5H2,1H3,(H,17,18). The lowest BCUT2D eigenvalue weighted by molar-refractivity contribution is -0.141. The van der Waals surface area contributed by atoms with Gasteiger partial charge >= 0.3 is 5.97 Å². The van der Waals surface area contributed by atoms with Crippen molar-refractivity contribution < 1.29 is 9.90 Å². The molecule has 1 saturated heterocycles. The van der Waals surface area contributed by atoms with Crippen molar-refractivity contribution in [2.45, 2.75) is 19.8 Å². The second kappa shape index (κ2) is 4.77. The summed E-state index contributed by atoms with van der Waals surface area (Å²) in [6.45, 7) is 3.44. The van der Waals surface area contributed by atoms with Crippen LogP contribution in [0.25, 0.3) is 10.2 Å². The number of carboxylic acid groups (broad SMARTS) is 1. The van der Waals surface area contributed by atoms with E-state index in [-0.39, 0.29) is 5.92 Å². The van der Waals surface area contributed by atoms with Crippen LogP contribution in [0, 0.1) is 12.8 Å². The average molecular weight is 277 g/mol. The molecule has 2 aromatic rings. The third-order valence-electron chi connectivity index (χ3n) is 3.58. The Morgan fingerprint density at radius 2 is 2.37 bits per heavy atom. The molecule has 0 radical (unpaired) electrons. The second-order valence-electron chi connectivity index (χ2n) is 4.92. The number of aromatic nitrogens is 2. The molecule has 1 unspecified atom stereocenters. The van der Waals surface area contributed by atoms with Crippen molar-refractivity contribution in [3.8, 4) is 0 Å². The Balaban J connectivity index is 1.97. The van der Waals surface area contributed by atoms with Gasteiger partial charge in [0.2, 0.25) is 0 Å². The molecule has 1 aliphatic rings. The van der Waals surface area contributed by atoms with Crippen molar-refractivity contribution >= 4 is 33.3 Å². The lowest BCUT2D eigenvalue weighted by Crippen LogP contribution is -2.39. The van der Waals surface area contributed by atoms with Crippen molar-refractivity contribution in [1.82, 2.24) is 9.97 Å². The first-order valence-corrected chi connectivity index (χ1v) is 7.21. The molecule has 0 bridgehead atoms. The molecule has 0 saturated carbocycles. The van der Waals surface area contributed by atoms with E-state index in [2.05, 4.69) is 20.2 Å². The summed E-state index contributed by atoms with van der Waals surface area (Å²) in [5.41, 5.74) is 2.13. The number of anilines is 1. The van der Waals surface area contributed by atoms with Gasteiger partial charge in [-0.25, -0.2) is 9.97 Å². The normalized spacial score (nSPS) is 19.8. The number of aryl methyl sites for hydroxylation is 1. The maximum Gasteiger partial charge on any atom is 0.308 e. The van der Waals surface area contributed by atoms with Crippen molar-refractivity contribution in [2.75, 3.05) is 18.0 Å². The van der Waals surface area contributed by atoms with Crippen LogP contribution in [0.4, 0.5) is 5.82 Å². The lowest BCUT2D eigenvalue weighted by Gasteiger charge is -2.31. The first kappa shape index (κ1) is 12.3. The number of thiophene rings is 1.